The molecule has 1 N–H and O–H groups in total. The van der Waals surface area contributed by atoms with E-state index in [-0.39, 0.29) is 21.3 Å². The van der Waals surface area contributed by atoms with Crippen molar-refractivity contribution in [2.45, 2.75) is 32.1 Å². The van der Waals surface area contributed by atoms with Crippen LogP contribution in [-0.2, 0) is 17.4 Å². The number of esters is 1. The van der Waals surface area contributed by atoms with Gasteiger partial charge in [-0.3, -0.25) is 0 Å². The van der Waals surface area contributed by atoms with Gasteiger partial charge in [0.05, 0.1) is 0 Å². The average molecular weight is 556 g/mol. The molecule has 0 saturated carbocycles. The molecular weight excluding hydrogens is 539 g/mol. The van der Waals surface area contributed by atoms with E-state index in [0.29, 0.717) is 10.7 Å². The minimum atomic E-state index is -6.09. The zero-order valence-corrected chi connectivity index (χ0v) is 19.1. The van der Waals surface area contributed by atoms with Gasteiger partial charge in [-0.1, -0.05) is 0 Å². The normalized spacial score (nSPS) is 13.6. The van der Waals surface area contributed by atoms with E-state index in [9.17, 15) is 29.2 Å². The summed E-state index contributed by atoms with van der Waals surface area (Å²) in [4.78, 5) is 12.0. The van der Waals surface area contributed by atoms with Crippen LogP contribution in [0, 0.1) is 3.57 Å². The third-order valence-electron chi connectivity index (χ3n) is 3.51. The number of nitrogens with zero attached hydrogens (tertiary/aromatic N) is 1. The molecule has 158 valence electrons. The number of H-pyrrole nitrogens is 1. The van der Waals surface area contributed by atoms with Crippen LogP contribution < -0.4 is 5.19 Å². The first-order valence-electron chi connectivity index (χ1n) is 7.76. The van der Waals surface area contributed by atoms with E-state index in [1.807, 2.05) is 19.6 Å². The number of aromatic nitrogens is 2. The Kier molecular flexibility index (Phi) is 6.47. The molecule has 0 fully saturated rings. The molecule has 0 bridgehead atoms. The van der Waals surface area contributed by atoms with Crippen LogP contribution in [-0.4, -0.2) is 44.8 Å². The number of aromatic amines is 1. The fourth-order valence-corrected chi connectivity index (χ4v) is 10.4. The molecule has 2 rings (SSSR count). The van der Waals surface area contributed by atoms with Crippen molar-refractivity contribution in [3.63, 3.8) is 0 Å². The van der Waals surface area contributed by atoms with Crippen LogP contribution in [0.1, 0.15) is 17.4 Å². The van der Waals surface area contributed by atoms with E-state index in [4.69, 9.17) is 4.74 Å². The summed E-state index contributed by atoms with van der Waals surface area (Å²) in [6.07, 6.45) is 0. The van der Waals surface area contributed by atoms with Crippen LogP contribution in [0.4, 0.5) is 16.0 Å². The van der Waals surface area contributed by atoms with Crippen molar-refractivity contribution in [3.05, 3.63) is 21.4 Å². The van der Waals surface area contributed by atoms with Crippen molar-refractivity contribution in [1.82, 2.24) is 10.2 Å². The summed E-state index contributed by atoms with van der Waals surface area (Å²) in [5.41, 5.74) is -5.56. The number of nitrogens with one attached hydrogen (secondary N) is 1. The molecule has 0 amide bonds. The summed E-state index contributed by atoms with van der Waals surface area (Å²) in [6, 6.07) is 2.61. The summed E-state index contributed by atoms with van der Waals surface area (Å²) in [7, 11) is -8.42. The predicted molar refractivity (Wildman–Crippen MR) is 105 cm³/mol. The van der Waals surface area contributed by atoms with Crippen molar-refractivity contribution in [2.24, 2.45) is 0 Å². The van der Waals surface area contributed by atoms with E-state index in [1.54, 1.807) is 6.92 Å². The number of ether oxygens (including phenoxy) is 1. The maximum atomic E-state index is 14.8. The van der Waals surface area contributed by atoms with Gasteiger partial charge in [-0.2, -0.15) is 0 Å². The Labute approximate surface area is 167 Å². The fraction of sp³-hybridized carbons (Fsp3) is 0.429. The average Bonchev–Trinajstić information content (AvgIpc) is 2.94. The van der Waals surface area contributed by atoms with E-state index in [0.717, 1.165) is 6.07 Å². The summed E-state index contributed by atoms with van der Waals surface area (Å²) in [5, 5.41) is 6.92. The maximum absolute atomic E-state index is 14.8. The van der Waals surface area contributed by atoms with Gasteiger partial charge in [-0.05, 0) is 0 Å². The van der Waals surface area contributed by atoms with Crippen LogP contribution in [0.25, 0.3) is 10.9 Å². The molecule has 28 heavy (non-hydrogen) atoms. The van der Waals surface area contributed by atoms with Gasteiger partial charge in [0, 0.05) is 0 Å². The fourth-order valence-electron chi connectivity index (χ4n) is 2.23. The van der Waals surface area contributed by atoms with Gasteiger partial charge < -0.3 is 0 Å². The van der Waals surface area contributed by atoms with E-state index in [2.05, 4.69) is 12.7 Å². The van der Waals surface area contributed by atoms with Crippen molar-refractivity contribution < 1.29 is 36.5 Å². The number of benzene rings is 1. The number of carbonyl (C=O) groups excluding carboxylic acids is 1. The first kappa shape index (κ1) is 23.0. The second-order valence-electron chi connectivity index (χ2n) is 6.59. The van der Waals surface area contributed by atoms with Crippen LogP contribution in [0.15, 0.2) is 12.1 Å². The molecule has 0 spiro atoms. The molecule has 1 aromatic heterocycles. The predicted octanol–water partition coefficient (Wildman–Crippen LogP) is 3.63. The van der Waals surface area contributed by atoms with Gasteiger partial charge in [0.25, 0.3) is 0 Å². The Morgan fingerprint density at radius 1 is 1.29 bits per heavy atom. The van der Waals surface area contributed by atoms with Gasteiger partial charge >= 0.3 is 168 Å². The topological polar surface area (TPSA) is 98.3 Å². The Morgan fingerprint density at radius 3 is 2.39 bits per heavy atom. The second-order valence-corrected chi connectivity index (χ2v) is 16.5. The Hall–Kier alpha value is -1.26. The monoisotopic (exact) mass is 556 g/mol. The number of rotatable bonds is 6. The van der Waals surface area contributed by atoms with Gasteiger partial charge in [0.15, 0.2) is 0 Å². The molecular formula is C14H17F4IN2O5SSi. The molecule has 14 heteroatoms. The minimum absolute atomic E-state index is 0.0571. The van der Waals surface area contributed by atoms with Crippen molar-refractivity contribution in [2.75, 3.05) is 6.61 Å². The number of hydrogen-bond donors (Lipinski definition) is 1. The molecule has 0 saturated heterocycles. The zero-order chi connectivity index (χ0) is 21.5. The SMILES string of the molecule is CCOC(=O)c1n[nH]c2cc([Si](C)(C)C)c(I(F)OS(=O)(=O)C(F)(F)F)cc12. The number of alkyl halides is 3. The van der Waals surface area contributed by atoms with Gasteiger partial charge in [0.1, 0.15) is 0 Å². The van der Waals surface area contributed by atoms with E-state index in [1.165, 1.54) is 6.07 Å². The molecule has 7 nitrogen and oxygen atoms in total. The first-order chi connectivity index (χ1) is 12.7. The summed E-state index contributed by atoms with van der Waals surface area (Å²) in [5.74, 6) is -0.802. The molecule has 0 radical (unpaired) electrons. The summed E-state index contributed by atoms with van der Waals surface area (Å²) >= 11 is -4.75. The summed E-state index contributed by atoms with van der Waals surface area (Å²) < 4.78 is 83.5. The quantitative estimate of drug-likeness (QED) is 0.192. The number of carbonyl (C=O) groups is 1. The first-order valence-corrected chi connectivity index (χ1v) is 15.4. The zero-order valence-electron chi connectivity index (χ0n) is 15.1. The number of halogens is 5. The molecule has 0 unspecified atom stereocenters. The van der Waals surface area contributed by atoms with Crippen LogP contribution in [0.5, 0.6) is 0 Å². The van der Waals surface area contributed by atoms with Gasteiger partial charge in [-0.25, -0.2) is 0 Å². The van der Waals surface area contributed by atoms with Crippen LogP contribution in [0.3, 0.4) is 0 Å². The van der Waals surface area contributed by atoms with Crippen LogP contribution >= 0.6 is 20.8 Å². The number of fused-ring (bicyclic) bond motifs is 1. The summed E-state index contributed by atoms with van der Waals surface area (Å²) in [6.45, 7) is 7.05. The third-order valence-corrected chi connectivity index (χ3v) is 11.1. The van der Waals surface area contributed by atoms with Crippen molar-refractivity contribution in [1.29, 1.82) is 0 Å². The molecule has 0 atom stereocenters. The Bertz CT molecular complexity index is 1000. The number of hydrogen-bond acceptors (Lipinski definition) is 6. The molecule has 0 aliphatic carbocycles. The van der Waals surface area contributed by atoms with Crippen LogP contribution in [0.2, 0.25) is 19.6 Å². The van der Waals surface area contributed by atoms with Gasteiger partial charge in [0.2, 0.25) is 0 Å². The third kappa shape index (κ3) is 4.65. The molecule has 0 aliphatic rings. The Morgan fingerprint density at radius 2 is 1.89 bits per heavy atom. The van der Waals surface area contributed by atoms with Gasteiger partial charge in [-0.15, -0.1) is 0 Å². The van der Waals surface area contributed by atoms with Crippen molar-refractivity contribution >= 4 is 61.1 Å². The Balaban J connectivity index is 2.64. The second kappa shape index (κ2) is 7.87. The van der Waals surface area contributed by atoms with E-state index < -0.39 is 50.5 Å². The molecule has 0 aliphatic heterocycles. The van der Waals surface area contributed by atoms with Crippen molar-refractivity contribution in [3.8, 4) is 0 Å². The molecule has 1 heterocycles. The molecule has 1 aromatic carbocycles. The van der Waals surface area contributed by atoms with E-state index >= 15 is 0 Å². The standard InChI is InChI=1S/C14H17F4IN2O5SSi/c1-5-25-13(22)12-8-6-9(19(18)26-27(23,24)14(15,16)17)11(28(2,3)4)7-10(8)20-21-12/h6-7H,5H2,1-4H3,(H,20,21). The molecule has 2 aromatic rings.